The fraction of sp³-hybridized carbons (Fsp3) is 0.429. The zero-order valence-electron chi connectivity index (χ0n) is 11.3. The van der Waals surface area contributed by atoms with E-state index in [9.17, 15) is 9.59 Å². The summed E-state index contributed by atoms with van der Waals surface area (Å²) in [7, 11) is 1.53. The first-order chi connectivity index (χ1) is 9.60. The van der Waals surface area contributed by atoms with Crippen molar-refractivity contribution in [1.82, 2.24) is 10.6 Å². The van der Waals surface area contributed by atoms with Gasteiger partial charge in [-0.3, -0.25) is 9.59 Å². The van der Waals surface area contributed by atoms with Crippen molar-refractivity contribution in [3.8, 4) is 0 Å². The molecular formula is C14H18ClN3O2. The van der Waals surface area contributed by atoms with E-state index in [2.05, 4.69) is 16.0 Å². The summed E-state index contributed by atoms with van der Waals surface area (Å²) in [5, 5.41) is 8.72. The molecule has 1 aliphatic carbocycles. The molecule has 0 aliphatic heterocycles. The van der Waals surface area contributed by atoms with E-state index in [4.69, 9.17) is 11.6 Å². The van der Waals surface area contributed by atoms with Crippen LogP contribution in [0.1, 0.15) is 23.2 Å². The van der Waals surface area contributed by atoms with E-state index in [1.807, 2.05) is 0 Å². The largest absolute Gasteiger partial charge is 0.355 e. The van der Waals surface area contributed by atoms with Gasteiger partial charge in [-0.2, -0.15) is 0 Å². The normalized spacial score (nSPS) is 13.9. The highest BCUT2D eigenvalue weighted by molar-refractivity contribution is 6.34. The third kappa shape index (κ3) is 4.21. The van der Waals surface area contributed by atoms with Crippen LogP contribution in [-0.4, -0.2) is 32.0 Å². The van der Waals surface area contributed by atoms with E-state index in [0.717, 1.165) is 12.5 Å². The third-order valence-electron chi connectivity index (χ3n) is 3.14. The number of carbonyl (C=O) groups excluding carboxylic acids is 2. The summed E-state index contributed by atoms with van der Waals surface area (Å²) < 4.78 is 0. The molecule has 1 aromatic rings. The zero-order valence-corrected chi connectivity index (χ0v) is 12.1. The van der Waals surface area contributed by atoms with Gasteiger partial charge >= 0.3 is 0 Å². The van der Waals surface area contributed by atoms with Gasteiger partial charge in [0.15, 0.2) is 0 Å². The standard InChI is InChI=1S/C14H18ClN3O2/c1-16-14(20)11-6-10(4-5-12(11)15)18-13(19)8-17-7-9-2-3-9/h4-6,9,17H,2-3,7-8H2,1H3,(H,16,20)(H,18,19). The van der Waals surface area contributed by atoms with Crippen LogP contribution in [0, 0.1) is 5.92 Å². The molecule has 0 saturated heterocycles. The average molecular weight is 296 g/mol. The molecule has 108 valence electrons. The summed E-state index contributed by atoms with van der Waals surface area (Å²) in [5.41, 5.74) is 0.907. The van der Waals surface area contributed by atoms with Crippen molar-refractivity contribution in [1.29, 1.82) is 0 Å². The Labute approximate surface area is 123 Å². The van der Waals surface area contributed by atoms with Crippen LogP contribution in [0.3, 0.4) is 0 Å². The molecular weight excluding hydrogens is 278 g/mol. The highest BCUT2D eigenvalue weighted by atomic mass is 35.5. The van der Waals surface area contributed by atoms with Gasteiger partial charge in [-0.15, -0.1) is 0 Å². The fourth-order valence-electron chi connectivity index (χ4n) is 1.83. The fourth-order valence-corrected chi connectivity index (χ4v) is 2.03. The lowest BCUT2D eigenvalue weighted by atomic mass is 10.2. The van der Waals surface area contributed by atoms with E-state index in [-0.39, 0.29) is 18.4 Å². The van der Waals surface area contributed by atoms with E-state index < -0.39 is 0 Å². The first kappa shape index (κ1) is 14.8. The Morgan fingerprint density at radius 1 is 1.35 bits per heavy atom. The molecule has 2 rings (SSSR count). The molecule has 0 heterocycles. The van der Waals surface area contributed by atoms with E-state index in [1.165, 1.54) is 19.9 Å². The summed E-state index contributed by atoms with van der Waals surface area (Å²) >= 11 is 5.95. The summed E-state index contributed by atoms with van der Waals surface area (Å²) in [4.78, 5) is 23.3. The number of hydrogen-bond acceptors (Lipinski definition) is 3. The highest BCUT2D eigenvalue weighted by Gasteiger charge is 2.20. The number of nitrogens with one attached hydrogen (secondary N) is 3. The Morgan fingerprint density at radius 3 is 2.75 bits per heavy atom. The van der Waals surface area contributed by atoms with Crippen molar-refractivity contribution in [2.45, 2.75) is 12.8 Å². The minimum Gasteiger partial charge on any atom is -0.355 e. The highest BCUT2D eigenvalue weighted by Crippen LogP contribution is 2.27. The molecule has 1 fully saturated rings. The van der Waals surface area contributed by atoms with Crippen molar-refractivity contribution in [3.05, 3.63) is 28.8 Å². The van der Waals surface area contributed by atoms with Gasteiger partial charge in [0, 0.05) is 12.7 Å². The Morgan fingerprint density at radius 2 is 2.10 bits per heavy atom. The van der Waals surface area contributed by atoms with Crippen LogP contribution in [0.2, 0.25) is 5.02 Å². The second-order valence-electron chi connectivity index (χ2n) is 4.90. The Bertz CT molecular complexity index is 515. The number of hydrogen-bond donors (Lipinski definition) is 3. The first-order valence-corrected chi connectivity index (χ1v) is 7.00. The van der Waals surface area contributed by atoms with E-state index in [1.54, 1.807) is 18.2 Å². The maximum atomic E-state index is 11.7. The molecule has 0 atom stereocenters. The van der Waals surface area contributed by atoms with Gasteiger partial charge in [-0.1, -0.05) is 11.6 Å². The molecule has 3 N–H and O–H groups in total. The minimum absolute atomic E-state index is 0.129. The van der Waals surface area contributed by atoms with Crippen LogP contribution in [0.25, 0.3) is 0 Å². The molecule has 2 amide bonds. The quantitative estimate of drug-likeness (QED) is 0.747. The van der Waals surface area contributed by atoms with Crippen molar-refractivity contribution in [2.24, 2.45) is 5.92 Å². The van der Waals surface area contributed by atoms with Gasteiger partial charge in [0.2, 0.25) is 5.91 Å². The second-order valence-corrected chi connectivity index (χ2v) is 5.30. The third-order valence-corrected chi connectivity index (χ3v) is 3.47. The van der Waals surface area contributed by atoms with Gasteiger partial charge < -0.3 is 16.0 Å². The molecule has 1 aromatic carbocycles. The van der Waals surface area contributed by atoms with Crippen LogP contribution in [0.5, 0.6) is 0 Å². The topological polar surface area (TPSA) is 70.2 Å². The monoisotopic (exact) mass is 295 g/mol. The molecule has 20 heavy (non-hydrogen) atoms. The Hall–Kier alpha value is -1.59. The second kappa shape index (κ2) is 6.72. The molecule has 1 saturated carbocycles. The van der Waals surface area contributed by atoms with Crippen LogP contribution < -0.4 is 16.0 Å². The van der Waals surface area contributed by atoms with Crippen molar-refractivity contribution in [2.75, 3.05) is 25.5 Å². The average Bonchev–Trinajstić information content (AvgIpc) is 3.24. The number of amides is 2. The van der Waals surface area contributed by atoms with Gasteiger partial charge in [-0.05, 0) is 43.5 Å². The number of anilines is 1. The van der Waals surface area contributed by atoms with Crippen LogP contribution in [-0.2, 0) is 4.79 Å². The van der Waals surface area contributed by atoms with Crippen LogP contribution in [0.15, 0.2) is 18.2 Å². The van der Waals surface area contributed by atoms with E-state index in [0.29, 0.717) is 16.3 Å². The molecule has 5 nitrogen and oxygen atoms in total. The molecule has 0 spiro atoms. The molecule has 0 aromatic heterocycles. The molecule has 6 heteroatoms. The van der Waals surface area contributed by atoms with Gasteiger partial charge in [0.25, 0.3) is 5.91 Å². The van der Waals surface area contributed by atoms with Gasteiger partial charge in [0.05, 0.1) is 17.1 Å². The predicted molar refractivity (Wildman–Crippen MR) is 79.1 cm³/mol. The predicted octanol–water partition coefficient (Wildman–Crippen LogP) is 1.64. The maximum Gasteiger partial charge on any atom is 0.252 e. The summed E-state index contributed by atoms with van der Waals surface area (Å²) in [6.45, 7) is 1.16. The SMILES string of the molecule is CNC(=O)c1cc(NC(=O)CNCC2CC2)ccc1Cl. The number of carbonyl (C=O) groups is 2. The van der Waals surface area contributed by atoms with Gasteiger partial charge in [0.1, 0.15) is 0 Å². The Kier molecular flexibility index (Phi) is 4.98. The molecule has 0 unspecified atom stereocenters. The molecule has 0 radical (unpaired) electrons. The Balaban J connectivity index is 1.90. The van der Waals surface area contributed by atoms with Crippen LogP contribution in [0.4, 0.5) is 5.69 Å². The first-order valence-electron chi connectivity index (χ1n) is 6.62. The van der Waals surface area contributed by atoms with Crippen LogP contribution >= 0.6 is 11.6 Å². The van der Waals surface area contributed by atoms with Crippen molar-refractivity contribution in [3.63, 3.8) is 0 Å². The molecule has 0 bridgehead atoms. The van der Waals surface area contributed by atoms with Crippen molar-refractivity contribution >= 4 is 29.1 Å². The lowest BCUT2D eigenvalue weighted by Crippen LogP contribution is -2.29. The van der Waals surface area contributed by atoms with E-state index >= 15 is 0 Å². The summed E-state index contributed by atoms with van der Waals surface area (Å²) in [6.07, 6.45) is 2.50. The smallest absolute Gasteiger partial charge is 0.252 e. The number of rotatable bonds is 6. The summed E-state index contributed by atoms with van der Waals surface area (Å²) in [5.74, 6) is 0.326. The number of benzene rings is 1. The minimum atomic E-state index is -0.280. The van der Waals surface area contributed by atoms with Gasteiger partial charge in [-0.25, -0.2) is 0 Å². The number of halogens is 1. The lowest BCUT2D eigenvalue weighted by Gasteiger charge is -2.09. The van der Waals surface area contributed by atoms with Crippen molar-refractivity contribution < 1.29 is 9.59 Å². The molecule has 1 aliphatic rings. The summed E-state index contributed by atoms with van der Waals surface area (Å²) in [6, 6.07) is 4.84. The zero-order chi connectivity index (χ0) is 14.5. The lowest BCUT2D eigenvalue weighted by molar-refractivity contribution is -0.115. The maximum absolute atomic E-state index is 11.7.